The van der Waals surface area contributed by atoms with E-state index in [9.17, 15) is 0 Å². The molecule has 0 unspecified atom stereocenters. The minimum absolute atomic E-state index is 0.0533. The Balaban J connectivity index is 3.94. The Labute approximate surface area is 48.6 Å². The molecule has 3 N–H and O–H groups in total. The molecule has 0 heterocycles. The third-order valence-electron chi connectivity index (χ3n) is 0.569. The number of nitrogens with two attached hydrogens (primary N) is 1. The van der Waals surface area contributed by atoms with Crippen LogP contribution in [-0.4, -0.2) is 5.11 Å². The van der Waals surface area contributed by atoms with Crippen LogP contribution in [0.3, 0.4) is 0 Å². The largest absolute Gasteiger partial charge is 0.509 e. The predicted octanol–water partition coefficient (Wildman–Crippen LogP) is 1.09. The summed E-state index contributed by atoms with van der Waals surface area (Å²) in [7, 11) is 0. The fourth-order valence-electron chi connectivity index (χ4n) is 0.251. The Kier molecular flexibility index (Phi) is 2.48. The molecule has 0 fully saturated rings. The second-order valence-electron chi connectivity index (χ2n) is 1.34. The monoisotopic (exact) mass is 111 g/mol. The lowest BCUT2D eigenvalue weighted by Crippen LogP contribution is -1.91. The molecule has 8 heavy (non-hydrogen) atoms. The number of allylic oxidation sites excluding steroid dienone is 2. The molecule has 0 amide bonds. The molecule has 0 saturated carbocycles. The van der Waals surface area contributed by atoms with Gasteiger partial charge in [0, 0.05) is 11.8 Å². The van der Waals surface area contributed by atoms with Crippen molar-refractivity contribution in [1.82, 2.24) is 0 Å². The van der Waals surface area contributed by atoms with Crippen LogP contribution in [0.4, 0.5) is 0 Å². The fraction of sp³-hybridized carbons (Fsp3) is 0. The molecule has 0 saturated heterocycles. The van der Waals surface area contributed by atoms with Crippen LogP contribution in [0.25, 0.3) is 0 Å². The average molecular weight is 111 g/mol. The van der Waals surface area contributed by atoms with E-state index in [-0.39, 0.29) is 5.76 Å². The Hall–Kier alpha value is -1.18. The van der Waals surface area contributed by atoms with Gasteiger partial charge in [0.1, 0.15) is 5.76 Å². The lowest BCUT2D eigenvalue weighted by atomic mass is 10.4. The van der Waals surface area contributed by atoms with E-state index < -0.39 is 0 Å². The average Bonchev–Trinajstić information content (AvgIpc) is 1.65. The molecule has 2 nitrogen and oxygen atoms in total. The van der Waals surface area contributed by atoms with Gasteiger partial charge in [-0.1, -0.05) is 13.2 Å². The van der Waals surface area contributed by atoms with Gasteiger partial charge in [0.05, 0.1) is 0 Å². The molecule has 0 aliphatic carbocycles. The van der Waals surface area contributed by atoms with E-state index in [1.165, 1.54) is 12.2 Å². The molecular weight excluding hydrogens is 102 g/mol. The number of aliphatic hydroxyl groups is 1. The van der Waals surface area contributed by atoms with Crippen LogP contribution in [0.2, 0.25) is 0 Å². The summed E-state index contributed by atoms with van der Waals surface area (Å²) in [6.45, 7) is 6.56. The minimum atomic E-state index is -0.0533. The molecule has 0 aliphatic heterocycles. The number of rotatable bonds is 2. The first-order chi connectivity index (χ1) is 3.66. The zero-order valence-corrected chi connectivity index (χ0v) is 4.59. The van der Waals surface area contributed by atoms with Crippen LogP contribution in [0, 0.1) is 0 Å². The summed E-state index contributed by atoms with van der Waals surface area (Å²) < 4.78 is 0. The van der Waals surface area contributed by atoms with E-state index in [2.05, 4.69) is 13.2 Å². The van der Waals surface area contributed by atoms with E-state index in [0.29, 0.717) is 5.70 Å². The molecule has 0 aromatic carbocycles. The highest BCUT2D eigenvalue weighted by Crippen LogP contribution is 1.89. The van der Waals surface area contributed by atoms with E-state index in [4.69, 9.17) is 10.8 Å². The highest BCUT2D eigenvalue weighted by molar-refractivity contribution is 5.20. The summed E-state index contributed by atoms with van der Waals surface area (Å²) >= 11 is 0. The van der Waals surface area contributed by atoms with Crippen molar-refractivity contribution in [3.8, 4) is 0 Å². The first-order valence-electron chi connectivity index (χ1n) is 2.14. The number of aliphatic hydroxyl groups excluding tert-OH is 1. The summed E-state index contributed by atoms with van der Waals surface area (Å²) in [4.78, 5) is 0. The summed E-state index contributed by atoms with van der Waals surface area (Å²) in [5, 5.41) is 8.46. The van der Waals surface area contributed by atoms with Crippen molar-refractivity contribution >= 4 is 0 Å². The predicted molar refractivity (Wildman–Crippen MR) is 34.2 cm³/mol. The highest BCUT2D eigenvalue weighted by atomic mass is 16.3. The maximum Gasteiger partial charge on any atom is 0.110 e. The zero-order chi connectivity index (χ0) is 6.57. The second-order valence-corrected chi connectivity index (χ2v) is 1.34. The van der Waals surface area contributed by atoms with Gasteiger partial charge in [0.15, 0.2) is 0 Å². The third-order valence-corrected chi connectivity index (χ3v) is 0.569. The van der Waals surface area contributed by atoms with Crippen molar-refractivity contribution < 1.29 is 5.11 Å². The molecule has 0 aromatic rings. The molecule has 0 spiro atoms. The molecule has 0 radical (unpaired) electrons. The van der Waals surface area contributed by atoms with Gasteiger partial charge in [-0.3, -0.25) is 0 Å². The Bertz CT molecular complexity index is 135. The van der Waals surface area contributed by atoms with Gasteiger partial charge >= 0.3 is 0 Å². The van der Waals surface area contributed by atoms with Crippen molar-refractivity contribution in [2.75, 3.05) is 0 Å². The third kappa shape index (κ3) is 3.03. The van der Waals surface area contributed by atoms with Crippen molar-refractivity contribution in [3.63, 3.8) is 0 Å². The summed E-state index contributed by atoms with van der Waals surface area (Å²) in [6, 6.07) is 0. The first-order valence-corrected chi connectivity index (χ1v) is 2.14. The maximum atomic E-state index is 8.46. The van der Waals surface area contributed by atoms with Crippen molar-refractivity contribution in [3.05, 3.63) is 36.8 Å². The van der Waals surface area contributed by atoms with Gasteiger partial charge in [-0.05, 0) is 6.08 Å². The van der Waals surface area contributed by atoms with Crippen molar-refractivity contribution in [1.29, 1.82) is 0 Å². The molecular formula is C6H9NO. The van der Waals surface area contributed by atoms with Crippen LogP contribution in [0.15, 0.2) is 36.8 Å². The molecule has 0 rings (SSSR count). The molecule has 44 valence electrons. The van der Waals surface area contributed by atoms with Crippen molar-refractivity contribution in [2.24, 2.45) is 5.73 Å². The number of hydrogen-bond acceptors (Lipinski definition) is 2. The molecule has 0 aromatic heterocycles. The molecule has 0 bridgehead atoms. The van der Waals surface area contributed by atoms with Crippen LogP contribution in [0.5, 0.6) is 0 Å². The smallest absolute Gasteiger partial charge is 0.110 e. The van der Waals surface area contributed by atoms with E-state index in [1.807, 2.05) is 0 Å². The normalized spacial score (nSPS) is 10.8. The second kappa shape index (κ2) is 2.91. The standard InChI is InChI=1S/C6H9NO/c1-3-6(7)4-5(2)8/h3-4,8H,1-2,7H2/b6-4+. The van der Waals surface area contributed by atoms with Crippen LogP contribution >= 0.6 is 0 Å². The van der Waals surface area contributed by atoms with E-state index in [1.54, 1.807) is 0 Å². The first kappa shape index (κ1) is 6.82. The van der Waals surface area contributed by atoms with E-state index in [0.717, 1.165) is 0 Å². The zero-order valence-electron chi connectivity index (χ0n) is 4.59. The van der Waals surface area contributed by atoms with Gasteiger partial charge in [-0.25, -0.2) is 0 Å². The summed E-state index contributed by atoms with van der Waals surface area (Å²) in [6.07, 6.45) is 2.76. The van der Waals surface area contributed by atoms with Crippen molar-refractivity contribution in [2.45, 2.75) is 0 Å². The molecule has 0 aliphatic rings. The fourth-order valence-corrected chi connectivity index (χ4v) is 0.251. The lowest BCUT2D eigenvalue weighted by Gasteiger charge is -1.87. The van der Waals surface area contributed by atoms with Gasteiger partial charge < -0.3 is 10.8 Å². The quantitative estimate of drug-likeness (QED) is 0.414. The van der Waals surface area contributed by atoms with Gasteiger partial charge in [0.25, 0.3) is 0 Å². The SMILES string of the molecule is C=C/C(N)=C\C(=C)O. The van der Waals surface area contributed by atoms with Gasteiger partial charge in [0.2, 0.25) is 0 Å². The summed E-state index contributed by atoms with van der Waals surface area (Å²) in [5.74, 6) is -0.0533. The summed E-state index contributed by atoms with van der Waals surface area (Å²) in [5.41, 5.74) is 5.61. The molecule has 0 atom stereocenters. The Morgan fingerprint density at radius 2 is 2.12 bits per heavy atom. The minimum Gasteiger partial charge on any atom is -0.509 e. The van der Waals surface area contributed by atoms with Crippen LogP contribution in [0.1, 0.15) is 0 Å². The topological polar surface area (TPSA) is 46.2 Å². The van der Waals surface area contributed by atoms with E-state index >= 15 is 0 Å². The van der Waals surface area contributed by atoms with Crippen LogP contribution < -0.4 is 5.73 Å². The van der Waals surface area contributed by atoms with Crippen LogP contribution in [-0.2, 0) is 0 Å². The highest BCUT2D eigenvalue weighted by Gasteiger charge is 1.79. The molecule has 2 heteroatoms. The lowest BCUT2D eigenvalue weighted by molar-refractivity contribution is 0.434. The Morgan fingerprint density at radius 3 is 2.25 bits per heavy atom. The van der Waals surface area contributed by atoms with Gasteiger partial charge in [-0.2, -0.15) is 0 Å². The Morgan fingerprint density at radius 1 is 1.62 bits per heavy atom. The maximum absolute atomic E-state index is 8.46. The van der Waals surface area contributed by atoms with Gasteiger partial charge in [-0.15, -0.1) is 0 Å². The number of hydrogen-bond donors (Lipinski definition) is 2.